The molecule has 1 atom stereocenters. The molecule has 0 bridgehead atoms. The van der Waals surface area contributed by atoms with Crippen molar-refractivity contribution in [3.05, 3.63) is 71.0 Å². The number of aliphatic hydroxyl groups is 1. The quantitative estimate of drug-likeness (QED) is 0.899. The molecule has 20 heavy (non-hydrogen) atoms. The molecule has 4 heteroatoms. The SMILES string of the molecule is Cc1cc(F)cc(C(=O)N[C@H](CO)c2ccccc2)c1. The number of amides is 1. The topological polar surface area (TPSA) is 49.3 Å². The summed E-state index contributed by atoms with van der Waals surface area (Å²) in [6.45, 7) is 1.50. The number of benzene rings is 2. The fourth-order valence-electron chi connectivity index (χ4n) is 2.03. The first-order valence-electron chi connectivity index (χ1n) is 6.34. The first-order valence-corrected chi connectivity index (χ1v) is 6.34. The van der Waals surface area contributed by atoms with Gasteiger partial charge in [0, 0.05) is 5.56 Å². The summed E-state index contributed by atoms with van der Waals surface area (Å²) < 4.78 is 13.3. The van der Waals surface area contributed by atoms with Gasteiger partial charge < -0.3 is 10.4 Å². The monoisotopic (exact) mass is 273 g/mol. The van der Waals surface area contributed by atoms with E-state index in [0.29, 0.717) is 5.56 Å². The standard InChI is InChI=1S/C16H16FNO2/c1-11-7-13(9-14(17)8-11)16(20)18-15(10-19)12-5-3-2-4-6-12/h2-9,15,19H,10H2,1H3,(H,18,20)/t15-/m1/s1. The van der Waals surface area contributed by atoms with Crippen LogP contribution in [0.25, 0.3) is 0 Å². The maximum Gasteiger partial charge on any atom is 0.251 e. The van der Waals surface area contributed by atoms with Crippen LogP contribution in [-0.4, -0.2) is 17.6 Å². The molecule has 1 amide bonds. The number of hydrogen-bond acceptors (Lipinski definition) is 2. The lowest BCUT2D eigenvalue weighted by atomic mass is 10.1. The third-order valence-corrected chi connectivity index (χ3v) is 2.99. The highest BCUT2D eigenvalue weighted by Crippen LogP contribution is 2.14. The largest absolute Gasteiger partial charge is 0.394 e. The Kier molecular flexibility index (Phi) is 4.48. The normalized spacial score (nSPS) is 11.9. The Bertz CT molecular complexity index is 578. The van der Waals surface area contributed by atoms with Crippen LogP contribution in [0.2, 0.25) is 0 Å². The van der Waals surface area contributed by atoms with Crippen LogP contribution in [-0.2, 0) is 0 Å². The van der Waals surface area contributed by atoms with Crippen LogP contribution < -0.4 is 5.32 Å². The number of aliphatic hydroxyl groups excluding tert-OH is 1. The molecule has 2 aromatic carbocycles. The Morgan fingerprint density at radius 3 is 2.55 bits per heavy atom. The Hall–Kier alpha value is -2.20. The molecule has 2 N–H and O–H groups in total. The number of halogens is 1. The van der Waals surface area contributed by atoms with Gasteiger partial charge in [0.25, 0.3) is 5.91 Å². The minimum absolute atomic E-state index is 0.218. The fraction of sp³-hybridized carbons (Fsp3) is 0.188. The van der Waals surface area contributed by atoms with E-state index in [4.69, 9.17) is 0 Å². The first-order chi connectivity index (χ1) is 9.60. The molecule has 0 saturated heterocycles. The summed E-state index contributed by atoms with van der Waals surface area (Å²) in [5.41, 5.74) is 1.73. The maximum absolute atomic E-state index is 13.3. The van der Waals surface area contributed by atoms with E-state index in [9.17, 15) is 14.3 Å². The minimum atomic E-state index is -0.507. The molecule has 0 aliphatic heterocycles. The van der Waals surface area contributed by atoms with E-state index in [-0.39, 0.29) is 12.2 Å². The van der Waals surface area contributed by atoms with Crippen molar-refractivity contribution in [2.24, 2.45) is 0 Å². The van der Waals surface area contributed by atoms with Gasteiger partial charge in [0.05, 0.1) is 12.6 Å². The van der Waals surface area contributed by atoms with Crippen LogP contribution in [0.1, 0.15) is 27.5 Å². The van der Waals surface area contributed by atoms with Crippen LogP contribution in [0, 0.1) is 12.7 Å². The molecule has 0 heterocycles. The van der Waals surface area contributed by atoms with Crippen molar-refractivity contribution in [2.45, 2.75) is 13.0 Å². The highest BCUT2D eigenvalue weighted by atomic mass is 19.1. The lowest BCUT2D eigenvalue weighted by Gasteiger charge is -2.17. The summed E-state index contributed by atoms with van der Waals surface area (Å²) in [6.07, 6.45) is 0. The van der Waals surface area contributed by atoms with Gasteiger partial charge in [-0.25, -0.2) is 4.39 Å². The Morgan fingerprint density at radius 1 is 1.25 bits per heavy atom. The smallest absolute Gasteiger partial charge is 0.251 e. The number of carbonyl (C=O) groups excluding carboxylic acids is 1. The summed E-state index contributed by atoms with van der Waals surface area (Å²) in [7, 11) is 0. The molecule has 0 aliphatic carbocycles. The van der Waals surface area contributed by atoms with Crippen LogP contribution in [0.3, 0.4) is 0 Å². The van der Waals surface area contributed by atoms with Crippen LogP contribution >= 0.6 is 0 Å². The number of aryl methyl sites for hydroxylation is 1. The van der Waals surface area contributed by atoms with Crippen molar-refractivity contribution in [1.82, 2.24) is 5.32 Å². The number of nitrogens with one attached hydrogen (secondary N) is 1. The predicted molar refractivity (Wildman–Crippen MR) is 74.9 cm³/mol. The van der Waals surface area contributed by atoms with E-state index in [0.717, 1.165) is 5.56 Å². The van der Waals surface area contributed by atoms with Gasteiger partial charge in [-0.05, 0) is 36.2 Å². The van der Waals surface area contributed by atoms with E-state index in [1.807, 2.05) is 30.3 Å². The van der Waals surface area contributed by atoms with E-state index in [2.05, 4.69) is 5.32 Å². The molecule has 3 nitrogen and oxygen atoms in total. The molecule has 0 aromatic heterocycles. The molecule has 0 spiro atoms. The van der Waals surface area contributed by atoms with Gasteiger partial charge in [-0.1, -0.05) is 30.3 Å². The van der Waals surface area contributed by atoms with E-state index in [1.54, 1.807) is 13.0 Å². The third kappa shape index (κ3) is 3.42. The summed E-state index contributed by atoms with van der Waals surface area (Å²) in [6, 6.07) is 12.8. The zero-order valence-corrected chi connectivity index (χ0v) is 11.1. The second-order valence-electron chi connectivity index (χ2n) is 4.64. The minimum Gasteiger partial charge on any atom is -0.394 e. The number of hydrogen-bond donors (Lipinski definition) is 2. The zero-order valence-electron chi connectivity index (χ0n) is 11.1. The van der Waals surface area contributed by atoms with Crippen LogP contribution in [0.15, 0.2) is 48.5 Å². The average molecular weight is 273 g/mol. The number of rotatable bonds is 4. The highest BCUT2D eigenvalue weighted by Gasteiger charge is 2.15. The first kappa shape index (κ1) is 14.2. The molecule has 2 aromatic rings. The molecule has 0 fully saturated rings. The van der Waals surface area contributed by atoms with Gasteiger partial charge in [0.1, 0.15) is 5.82 Å². The third-order valence-electron chi connectivity index (χ3n) is 2.99. The van der Waals surface area contributed by atoms with Crippen molar-refractivity contribution in [3.8, 4) is 0 Å². The molecule has 0 saturated carbocycles. The van der Waals surface area contributed by atoms with Gasteiger partial charge in [-0.3, -0.25) is 4.79 Å². The predicted octanol–water partition coefficient (Wildman–Crippen LogP) is 2.60. The summed E-state index contributed by atoms with van der Waals surface area (Å²) in [5.74, 6) is -0.856. The van der Waals surface area contributed by atoms with Crippen molar-refractivity contribution in [2.75, 3.05) is 6.61 Å². The molecule has 0 radical (unpaired) electrons. The number of carbonyl (C=O) groups is 1. The Labute approximate surface area is 117 Å². The van der Waals surface area contributed by atoms with Gasteiger partial charge >= 0.3 is 0 Å². The molecule has 0 unspecified atom stereocenters. The zero-order chi connectivity index (χ0) is 14.5. The summed E-state index contributed by atoms with van der Waals surface area (Å²) in [4.78, 5) is 12.1. The van der Waals surface area contributed by atoms with E-state index < -0.39 is 17.8 Å². The Balaban J connectivity index is 2.17. The van der Waals surface area contributed by atoms with Gasteiger partial charge in [-0.15, -0.1) is 0 Å². The van der Waals surface area contributed by atoms with Gasteiger partial charge in [-0.2, -0.15) is 0 Å². The van der Waals surface area contributed by atoms with E-state index >= 15 is 0 Å². The fourth-order valence-corrected chi connectivity index (χ4v) is 2.03. The molecular weight excluding hydrogens is 257 g/mol. The second-order valence-corrected chi connectivity index (χ2v) is 4.64. The summed E-state index contributed by atoms with van der Waals surface area (Å²) >= 11 is 0. The van der Waals surface area contributed by atoms with Crippen LogP contribution in [0.4, 0.5) is 4.39 Å². The Morgan fingerprint density at radius 2 is 1.95 bits per heavy atom. The van der Waals surface area contributed by atoms with Gasteiger partial charge in [0.2, 0.25) is 0 Å². The second kappa shape index (κ2) is 6.30. The van der Waals surface area contributed by atoms with Crippen molar-refractivity contribution in [3.63, 3.8) is 0 Å². The molecule has 0 aliphatic rings. The highest BCUT2D eigenvalue weighted by molar-refractivity contribution is 5.94. The van der Waals surface area contributed by atoms with Crippen molar-refractivity contribution in [1.29, 1.82) is 0 Å². The lowest BCUT2D eigenvalue weighted by molar-refractivity contribution is 0.0915. The van der Waals surface area contributed by atoms with Crippen LogP contribution in [0.5, 0.6) is 0 Å². The molecule has 2 rings (SSSR count). The average Bonchev–Trinajstić information content (AvgIpc) is 2.44. The lowest BCUT2D eigenvalue weighted by Crippen LogP contribution is -2.30. The van der Waals surface area contributed by atoms with E-state index in [1.165, 1.54) is 12.1 Å². The molecular formula is C16H16FNO2. The van der Waals surface area contributed by atoms with Gasteiger partial charge in [0.15, 0.2) is 0 Å². The van der Waals surface area contributed by atoms with Crippen molar-refractivity contribution >= 4 is 5.91 Å². The van der Waals surface area contributed by atoms with Crippen molar-refractivity contribution < 1.29 is 14.3 Å². The maximum atomic E-state index is 13.3. The summed E-state index contributed by atoms with van der Waals surface area (Å²) in [5, 5.41) is 12.1. The molecule has 104 valence electrons.